The minimum atomic E-state index is 0.0428. The summed E-state index contributed by atoms with van der Waals surface area (Å²) in [5, 5.41) is 0.537. The van der Waals surface area contributed by atoms with Gasteiger partial charge in [0.25, 0.3) is 0 Å². The monoisotopic (exact) mass is 180 g/mol. The summed E-state index contributed by atoms with van der Waals surface area (Å²) in [6.45, 7) is 0. The first-order valence-electron chi connectivity index (χ1n) is 4.16. The molecule has 0 fully saturated rings. The zero-order chi connectivity index (χ0) is 10.1. The molecule has 3 N–H and O–H groups in total. The summed E-state index contributed by atoms with van der Waals surface area (Å²) < 4.78 is 0.0428. The molecule has 0 aromatic heterocycles. The Bertz CT molecular complexity index is 288. The number of benzene rings is 1. The third kappa shape index (κ3) is 2.50. The van der Waals surface area contributed by atoms with Crippen molar-refractivity contribution in [1.29, 1.82) is 0 Å². The second kappa shape index (κ2) is 3.43. The fraction of sp³-hybridized carbons (Fsp3) is 0.333. The van der Waals surface area contributed by atoms with Crippen LogP contribution in [-0.2, 0) is 0 Å². The molecule has 72 valence electrons. The van der Waals surface area contributed by atoms with Gasteiger partial charge in [-0.05, 0) is 12.1 Å². The Kier molecular flexibility index (Phi) is 2.68. The number of nitrogens with one attached hydrogen (secondary N) is 3. The molecule has 13 heavy (non-hydrogen) atoms. The first-order chi connectivity index (χ1) is 5.91. The summed E-state index contributed by atoms with van der Waals surface area (Å²) in [7, 11) is 5.33. The van der Waals surface area contributed by atoms with Gasteiger partial charge in [-0.15, -0.1) is 0 Å². The molecule has 0 radical (unpaired) electrons. The maximum absolute atomic E-state index is 7.78. The molecule has 1 rings (SSSR count). The predicted molar refractivity (Wildman–Crippen MR) is 55.3 cm³/mol. The summed E-state index contributed by atoms with van der Waals surface area (Å²) in [6.07, 6.45) is 0. The molecule has 0 saturated heterocycles. The standard InChI is InChI=1S/C9H16N4/c1-12(10)8-5-4-6-9(7-8)13(2,3)11/h4-7,10-12H,1-3H3. The van der Waals surface area contributed by atoms with Crippen LogP contribution in [0, 0.1) is 0 Å². The fourth-order valence-electron chi connectivity index (χ4n) is 1.09. The Morgan fingerprint density at radius 2 is 1.92 bits per heavy atom. The zero-order valence-electron chi connectivity index (χ0n) is 8.26. The molecule has 0 spiro atoms. The summed E-state index contributed by atoms with van der Waals surface area (Å²) in [5.74, 6) is 15.2. The highest BCUT2D eigenvalue weighted by atomic mass is 15.5. The third-order valence-electron chi connectivity index (χ3n) is 1.92. The average molecular weight is 180 g/mol. The fourth-order valence-corrected chi connectivity index (χ4v) is 1.09. The maximum atomic E-state index is 7.78. The van der Waals surface area contributed by atoms with E-state index in [1.165, 1.54) is 0 Å². The molecule has 4 nitrogen and oxygen atoms in total. The molecule has 1 aromatic rings. The Hall–Kier alpha value is -0.940. The highest BCUT2D eigenvalue weighted by Gasteiger charge is 2.08. The molecule has 4 heteroatoms. The van der Waals surface area contributed by atoms with Gasteiger partial charge in [0.1, 0.15) is 11.4 Å². The van der Waals surface area contributed by atoms with Crippen molar-refractivity contribution in [3.8, 4) is 0 Å². The van der Waals surface area contributed by atoms with Gasteiger partial charge >= 0.3 is 0 Å². The lowest BCUT2D eigenvalue weighted by molar-refractivity contribution is -0.751. The van der Waals surface area contributed by atoms with Crippen LogP contribution in [0.15, 0.2) is 24.3 Å². The van der Waals surface area contributed by atoms with E-state index in [-0.39, 0.29) is 4.59 Å². The molecule has 1 aromatic carbocycles. The van der Waals surface area contributed by atoms with Crippen LogP contribution in [0.1, 0.15) is 0 Å². The lowest BCUT2D eigenvalue weighted by atomic mass is 10.2. The van der Waals surface area contributed by atoms with Crippen LogP contribution < -0.4 is 9.60 Å². The maximum Gasteiger partial charge on any atom is 0.128 e. The van der Waals surface area contributed by atoms with Gasteiger partial charge in [-0.3, -0.25) is 0 Å². The van der Waals surface area contributed by atoms with Crippen molar-refractivity contribution in [2.45, 2.75) is 0 Å². The van der Waals surface area contributed by atoms with E-state index in [0.29, 0.717) is 5.01 Å². The summed E-state index contributed by atoms with van der Waals surface area (Å²) in [5.41, 5.74) is 1.78. The molecule has 0 amide bonds. The Balaban J connectivity index is 3.06. The molecule has 0 saturated carbocycles. The number of rotatable bonds is 2. The van der Waals surface area contributed by atoms with Gasteiger partial charge in [-0.25, -0.2) is 0 Å². The summed E-state index contributed by atoms with van der Waals surface area (Å²) in [6, 6.07) is 7.56. The van der Waals surface area contributed by atoms with Crippen molar-refractivity contribution in [2.75, 3.05) is 21.1 Å². The zero-order valence-corrected chi connectivity index (χ0v) is 8.26. The molecule has 0 aliphatic heterocycles. The lowest BCUT2D eigenvalue weighted by Gasteiger charge is -2.32. The van der Waals surface area contributed by atoms with E-state index in [2.05, 4.69) is 0 Å². The van der Waals surface area contributed by atoms with E-state index in [1.807, 2.05) is 24.3 Å². The molecule has 1 unspecified atom stereocenters. The third-order valence-corrected chi connectivity index (χ3v) is 1.92. The normalized spacial score (nSPS) is 14.2. The van der Waals surface area contributed by atoms with E-state index >= 15 is 0 Å². The Labute approximate surface area is 78.9 Å². The number of hydrogen-bond acceptors (Lipinski definition) is 0. The van der Waals surface area contributed by atoms with E-state index in [0.717, 1.165) is 11.4 Å². The van der Waals surface area contributed by atoms with Crippen LogP contribution in [0.3, 0.4) is 0 Å². The van der Waals surface area contributed by atoms with Crippen molar-refractivity contribution in [3.63, 3.8) is 0 Å². The molecule has 0 bridgehead atoms. The highest BCUT2D eigenvalue weighted by Crippen LogP contribution is 2.20. The molecule has 0 aliphatic carbocycles. The largest absolute Gasteiger partial charge is 0.464 e. The molecule has 0 aliphatic rings. The van der Waals surface area contributed by atoms with Crippen molar-refractivity contribution < 1.29 is 5.01 Å². The first kappa shape index (κ1) is 10.1. The molecular weight excluding hydrogens is 164 g/mol. The summed E-state index contributed by atoms with van der Waals surface area (Å²) >= 11 is 0. The number of quaternary nitrogens is 2. The van der Waals surface area contributed by atoms with E-state index in [1.54, 1.807) is 21.1 Å². The van der Waals surface area contributed by atoms with E-state index in [4.69, 9.17) is 11.7 Å². The average Bonchev–Trinajstić information content (AvgIpc) is 2.03. The van der Waals surface area contributed by atoms with Gasteiger partial charge < -0.3 is 21.3 Å². The summed E-state index contributed by atoms with van der Waals surface area (Å²) in [4.78, 5) is 0. The van der Waals surface area contributed by atoms with Gasteiger partial charge in [0.05, 0.1) is 27.2 Å². The topological polar surface area (TPSA) is 52.0 Å². The van der Waals surface area contributed by atoms with Gasteiger partial charge in [-0.2, -0.15) is 0 Å². The van der Waals surface area contributed by atoms with Crippen LogP contribution >= 0.6 is 0 Å². The minimum absolute atomic E-state index is 0.0428. The van der Waals surface area contributed by atoms with Gasteiger partial charge in [0.2, 0.25) is 0 Å². The molecule has 1 atom stereocenters. The van der Waals surface area contributed by atoms with Crippen LogP contribution in [0.5, 0.6) is 0 Å². The predicted octanol–water partition coefficient (Wildman–Crippen LogP) is 1.33. The Morgan fingerprint density at radius 3 is 2.38 bits per heavy atom. The second-order valence-corrected chi connectivity index (χ2v) is 3.63. The van der Waals surface area contributed by atoms with E-state index < -0.39 is 0 Å². The van der Waals surface area contributed by atoms with Gasteiger partial charge in [0, 0.05) is 0 Å². The first-order valence-corrected chi connectivity index (χ1v) is 4.16. The van der Waals surface area contributed by atoms with Crippen LogP contribution in [0.25, 0.3) is 11.7 Å². The van der Waals surface area contributed by atoms with Crippen molar-refractivity contribution in [3.05, 3.63) is 36.0 Å². The van der Waals surface area contributed by atoms with Crippen LogP contribution in [-0.4, -0.2) is 21.1 Å². The van der Waals surface area contributed by atoms with Crippen molar-refractivity contribution in [1.82, 2.24) is 4.59 Å². The minimum Gasteiger partial charge on any atom is -0.464 e. The van der Waals surface area contributed by atoms with Gasteiger partial charge in [0.15, 0.2) is 0 Å². The smallest absolute Gasteiger partial charge is 0.128 e. The number of hydrogen-bond donors (Lipinski definition) is 1. The number of nitrogens with zero attached hydrogens (tertiary/aromatic N) is 1. The van der Waals surface area contributed by atoms with Gasteiger partial charge in [-0.1, -0.05) is 6.07 Å². The van der Waals surface area contributed by atoms with Crippen LogP contribution in [0.2, 0.25) is 0 Å². The Morgan fingerprint density at radius 1 is 1.31 bits per heavy atom. The van der Waals surface area contributed by atoms with Crippen molar-refractivity contribution in [2.24, 2.45) is 0 Å². The highest BCUT2D eigenvalue weighted by molar-refractivity contribution is 5.49. The second-order valence-electron chi connectivity index (χ2n) is 3.63. The lowest BCUT2D eigenvalue weighted by Crippen LogP contribution is -2.96. The van der Waals surface area contributed by atoms with Crippen molar-refractivity contribution >= 4 is 11.4 Å². The SMILES string of the molecule is C[NH+]([NH-])c1cccc([N+](C)(C)[NH-])c1. The van der Waals surface area contributed by atoms with E-state index in [9.17, 15) is 0 Å². The quantitative estimate of drug-likeness (QED) is 0.527. The molecule has 0 heterocycles. The molecular formula is C9H16N4. The van der Waals surface area contributed by atoms with Crippen LogP contribution in [0.4, 0.5) is 11.4 Å².